The van der Waals surface area contributed by atoms with E-state index < -0.39 is 0 Å². The second kappa shape index (κ2) is 15.4. The molecule has 0 aliphatic rings. The summed E-state index contributed by atoms with van der Waals surface area (Å²) >= 11 is 0.692. The van der Waals surface area contributed by atoms with Gasteiger partial charge in [-0.3, -0.25) is 0 Å². The molecule has 25 heavy (non-hydrogen) atoms. The number of hydrogen-bond donors (Lipinski definition) is 0. The van der Waals surface area contributed by atoms with E-state index in [0.717, 1.165) is 0 Å². The first kappa shape index (κ1) is 22.2. The molecule has 0 bridgehead atoms. The molecule has 0 amide bonds. The van der Waals surface area contributed by atoms with Gasteiger partial charge in [0.05, 0.1) is 0 Å². The van der Waals surface area contributed by atoms with E-state index in [1.54, 1.807) is 4.46 Å². The van der Waals surface area contributed by atoms with Crippen molar-refractivity contribution in [1.82, 2.24) is 0 Å². The fourth-order valence-electron chi connectivity index (χ4n) is 2.92. The topological polar surface area (TPSA) is 3.88 Å². The summed E-state index contributed by atoms with van der Waals surface area (Å²) in [7, 11) is 0. The number of halogens is 1. The predicted octanol–water partition coefficient (Wildman–Crippen LogP) is 1.94. The first-order valence-electron chi connectivity index (χ1n) is 9.57. The zero-order valence-electron chi connectivity index (χ0n) is 15.3. The number of benzene rings is 1. The molecule has 0 spiro atoms. The van der Waals surface area contributed by atoms with Crippen LogP contribution in [-0.4, -0.2) is 15.0 Å². The predicted molar refractivity (Wildman–Crippen MR) is 105 cm³/mol. The van der Waals surface area contributed by atoms with Gasteiger partial charge < -0.3 is 12.4 Å². The third-order valence-electron chi connectivity index (χ3n) is 4.35. The van der Waals surface area contributed by atoms with Gasteiger partial charge in [-0.05, 0) is 0 Å². The van der Waals surface area contributed by atoms with Crippen molar-refractivity contribution in [2.45, 2.75) is 69.7 Å². The van der Waals surface area contributed by atoms with Crippen LogP contribution in [-0.2, 0) is 6.54 Å². The zero-order chi connectivity index (χ0) is 16.7. The van der Waals surface area contributed by atoms with Crippen LogP contribution in [0.3, 0.4) is 0 Å². The van der Waals surface area contributed by atoms with E-state index in [-0.39, 0.29) is 12.4 Å². The molecule has 1 aromatic carbocycles. The van der Waals surface area contributed by atoms with E-state index in [2.05, 4.69) is 65.5 Å². The number of unbranched alkanes of at least 4 members (excludes halogenated alkanes) is 8. The van der Waals surface area contributed by atoms with Crippen LogP contribution in [0.5, 0.6) is 0 Å². The van der Waals surface area contributed by atoms with E-state index in [1.807, 2.05) is 0 Å². The van der Waals surface area contributed by atoms with E-state index in [0.29, 0.717) is 15.0 Å². The fraction of sp³-hybridized carbons (Fsp3) is 0.500. The van der Waals surface area contributed by atoms with E-state index in [4.69, 9.17) is 0 Å². The molecule has 0 radical (unpaired) electrons. The minimum absolute atomic E-state index is 0. The Morgan fingerprint density at radius 3 is 1.76 bits per heavy atom. The van der Waals surface area contributed by atoms with Crippen molar-refractivity contribution in [3.63, 3.8) is 0 Å². The molecular formula is C22H32ClNSe. The first-order valence-corrected chi connectivity index (χ1v) is 11.6. The van der Waals surface area contributed by atoms with Gasteiger partial charge in [-0.1, -0.05) is 6.07 Å². The second-order valence-corrected chi connectivity index (χ2v) is 8.91. The van der Waals surface area contributed by atoms with Crippen molar-refractivity contribution in [1.29, 1.82) is 0 Å². The Labute approximate surface area is 166 Å². The Morgan fingerprint density at radius 2 is 1.12 bits per heavy atom. The average molecular weight is 425 g/mol. The quantitative estimate of drug-likeness (QED) is 0.263. The van der Waals surface area contributed by atoms with Gasteiger partial charge >= 0.3 is 124 Å². The Morgan fingerprint density at radius 1 is 0.600 bits per heavy atom. The van der Waals surface area contributed by atoms with Crippen LogP contribution in [0.2, 0.25) is 5.32 Å². The maximum absolute atomic E-state index is 2.29. The number of aromatic nitrogens is 1. The summed E-state index contributed by atoms with van der Waals surface area (Å²) in [5.74, 6) is 0. The molecule has 3 heteroatoms. The van der Waals surface area contributed by atoms with Crippen LogP contribution < -0.4 is 21.4 Å². The van der Waals surface area contributed by atoms with E-state index in [1.165, 1.54) is 69.7 Å². The molecule has 0 N–H and O–H groups in total. The van der Waals surface area contributed by atoms with E-state index in [9.17, 15) is 0 Å². The standard InChI is InChI=1S/C22H32NSe.ClH/c1(2-4-6-12-18-23-19-13-9-14-20-23)3-5-7-15-21-24-22-16-10-8-11-17-22;/h8-11,13-14,16-17,19-20H,1-7,12,15,18,21H2;1H/q+1;/p-1. The molecular weight excluding hydrogens is 393 g/mol. The molecule has 0 aliphatic carbocycles. The molecule has 1 heterocycles. The Bertz CT molecular complexity index is 469. The van der Waals surface area contributed by atoms with Gasteiger partial charge in [-0.25, -0.2) is 0 Å². The van der Waals surface area contributed by atoms with Crippen molar-refractivity contribution < 1.29 is 17.0 Å². The molecule has 0 fully saturated rings. The molecule has 0 atom stereocenters. The fourth-order valence-corrected chi connectivity index (χ4v) is 4.88. The van der Waals surface area contributed by atoms with Crippen LogP contribution in [0.15, 0.2) is 60.9 Å². The third kappa shape index (κ3) is 11.4. The van der Waals surface area contributed by atoms with Crippen molar-refractivity contribution in [2.75, 3.05) is 0 Å². The first-order chi connectivity index (χ1) is 11.9. The summed E-state index contributed by atoms with van der Waals surface area (Å²) in [5, 5.41) is 1.41. The summed E-state index contributed by atoms with van der Waals surface area (Å²) in [6, 6.07) is 17.3. The molecule has 0 saturated carbocycles. The summed E-state index contributed by atoms with van der Waals surface area (Å²) in [6.45, 7) is 1.17. The van der Waals surface area contributed by atoms with Crippen molar-refractivity contribution in [2.24, 2.45) is 0 Å². The van der Waals surface area contributed by atoms with Gasteiger partial charge in [0.2, 0.25) is 0 Å². The van der Waals surface area contributed by atoms with Gasteiger partial charge in [0.15, 0.2) is 12.4 Å². The van der Waals surface area contributed by atoms with Gasteiger partial charge in [-0.2, -0.15) is 0 Å². The Kier molecular flexibility index (Phi) is 13.7. The summed E-state index contributed by atoms with van der Waals surface area (Å²) in [4.78, 5) is 0. The number of pyridine rings is 1. The monoisotopic (exact) mass is 425 g/mol. The summed E-state index contributed by atoms with van der Waals surface area (Å²) in [5.41, 5.74) is 0. The normalized spacial score (nSPS) is 10.4. The minimum atomic E-state index is 0. The van der Waals surface area contributed by atoms with Crippen molar-refractivity contribution >= 4 is 19.4 Å². The number of aryl methyl sites for hydroxylation is 1. The van der Waals surface area contributed by atoms with Crippen molar-refractivity contribution in [3.05, 3.63) is 60.9 Å². The van der Waals surface area contributed by atoms with Gasteiger partial charge in [0.25, 0.3) is 0 Å². The number of nitrogens with zero attached hydrogens (tertiary/aromatic N) is 1. The maximum atomic E-state index is 2.29. The average Bonchev–Trinajstić information content (AvgIpc) is 2.64. The van der Waals surface area contributed by atoms with Gasteiger partial charge in [0, 0.05) is 12.1 Å². The Hall–Kier alpha value is -0.821. The third-order valence-corrected chi connectivity index (χ3v) is 6.65. The second-order valence-electron chi connectivity index (χ2n) is 6.46. The van der Waals surface area contributed by atoms with Crippen molar-refractivity contribution in [3.8, 4) is 0 Å². The summed E-state index contributed by atoms with van der Waals surface area (Å²) < 4.78 is 3.84. The molecule has 1 aromatic heterocycles. The Balaban J connectivity index is 0.00000312. The van der Waals surface area contributed by atoms with E-state index >= 15 is 0 Å². The number of rotatable bonds is 13. The molecule has 0 saturated heterocycles. The summed E-state index contributed by atoms with van der Waals surface area (Å²) in [6.07, 6.45) is 17.0. The van der Waals surface area contributed by atoms with Crippen LogP contribution in [0.4, 0.5) is 0 Å². The van der Waals surface area contributed by atoms with Gasteiger partial charge in [0.1, 0.15) is 0 Å². The molecule has 2 aromatic rings. The van der Waals surface area contributed by atoms with Crippen LogP contribution >= 0.6 is 0 Å². The number of hydrogen-bond acceptors (Lipinski definition) is 0. The molecule has 2 rings (SSSR count). The SMILES string of the molecule is [Cl-].c1ccc([Se]CCCCCCCCCCC[n+]2ccccc2)cc1. The van der Waals surface area contributed by atoms with Crippen LogP contribution in [0.1, 0.15) is 57.8 Å². The van der Waals surface area contributed by atoms with Crippen LogP contribution in [0, 0.1) is 0 Å². The molecule has 0 aliphatic heterocycles. The van der Waals surface area contributed by atoms with Crippen LogP contribution in [0.25, 0.3) is 0 Å². The van der Waals surface area contributed by atoms with Gasteiger partial charge in [-0.15, -0.1) is 0 Å². The zero-order valence-corrected chi connectivity index (χ0v) is 17.8. The molecule has 138 valence electrons. The molecule has 0 unspecified atom stereocenters. The molecule has 1 nitrogen and oxygen atoms in total.